The highest BCUT2D eigenvalue weighted by molar-refractivity contribution is 7.89. The van der Waals surface area contributed by atoms with Crippen LogP contribution in [0.3, 0.4) is 0 Å². The van der Waals surface area contributed by atoms with Crippen LogP contribution in [0.1, 0.15) is 11.3 Å². The Labute approximate surface area is 115 Å². The fourth-order valence-corrected chi connectivity index (χ4v) is 2.80. The summed E-state index contributed by atoms with van der Waals surface area (Å²) in [6.07, 6.45) is 1.67. The Hall–Kier alpha value is -2.24. The molecule has 0 saturated carbocycles. The van der Waals surface area contributed by atoms with Gasteiger partial charge >= 0.3 is 0 Å². The van der Waals surface area contributed by atoms with E-state index in [0.717, 1.165) is 6.07 Å². The molecule has 0 aliphatic rings. The van der Waals surface area contributed by atoms with E-state index in [1.165, 1.54) is 16.8 Å². The molecule has 0 atom stereocenters. The summed E-state index contributed by atoms with van der Waals surface area (Å²) in [4.78, 5) is -0.379. The first-order valence-corrected chi connectivity index (χ1v) is 7.09. The molecular formula is C12H11FN4O2S. The van der Waals surface area contributed by atoms with Gasteiger partial charge in [-0.25, -0.2) is 17.5 Å². The Morgan fingerprint density at radius 1 is 1.45 bits per heavy atom. The Kier molecular flexibility index (Phi) is 3.83. The quantitative estimate of drug-likeness (QED) is 0.908. The first-order chi connectivity index (χ1) is 9.44. The summed E-state index contributed by atoms with van der Waals surface area (Å²) in [6.45, 7) is -0.0371. The lowest BCUT2D eigenvalue weighted by Gasteiger charge is -2.07. The van der Waals surface area contributed by atoms with Gasteiger partial charge in [0.05, 0.1) is 12.2 Å². The predicted octanol–water partition coefficient (Wildman–Crippen LogP) is 0.909. The molecule has 20 heavy (non-hydrogen) atoms. The van der Waals surface area contributed by atoms with Gasteiger partial charge in [0.2, 0.25) is 10.0 Å². The number of nitrogens with zero attached hydrogens (tertiary/aromatic N) is 3. The number of hydrogen-bond acceptors (Lipinski definition) is 4. The van der Waals surface area contributed by atoms with Gasteiger partial charge in [-0.3, -0.25) is 4.68 Å². The fourth-order valence-electron chi connectivity index (χ4n) is 1.64. The molecule has 104 valence electrons. The maximum absolute atomic E-state index is 13.4. The van der Waals surface area contributed by atoms with Crippen molar-refractivity contribution in [3.8, 4) is 6.07 Å². The van der Waals surface area contributed by atoms with Gasteiger partial charge in [0.1, 0.15) is 22.3 Å². The lowest BCUT2D eigenvalue weighted by atomic mass is 10.2. The van der Waals surface area contributed by atoms with E-state index >= 15 is 0 Å². The first-order valence-electron chi connectivity index (χ1n) is 5.61. The van der Waals surface area contributed by atoms with Crippen LogP contribution in [0, 0.1) is 17.1 Å². The molecule has 2 rings (SSSR count). The molecule has 8 heteroatoms. The van der Waals surface area contributed by atoms with Crippen LogP contribution in [0.4, 0.5) is 4.39 Å². The molecular weight excluding hydrogens is 283 g/mol. The zero-order valence-electron chi connectivity index (χ0n) is 10.5. The zero-order chi connectivity index (χ0) is 14.8. The normalized spacial score (nSPS) is 11.2. The van der Waals surface area contributed by atoms with Gasteiger partial charge < -0.3 is 0 Å². The van der Waals surface area contributed by atoms with Crippen molar-refractivity contribution in [3.63, 3.8) is 0 Å². The van der Waals surface area contributed by atoms with Crippen LogP contribution in [-0.4, -0.2) is 18.2 Å². The molecule has 0 aliphatic heterocycles. The minimum absolute atomic E-state index is 0.0371. The van der Waals surface area contributed by atoms with Crippen molar-refractivity contribution in [2.75, 3.05) is 0 Å². The maximum Gasteiger partial charge on any atom is 0.242 e. The number of aromatic nitrogens is 2. The summed E-state index contributed by atoms with van der Waals surface area (Å²) in [7, 11) is -2.27. The Balaban J connectivity index is 2.27. The van der Waals surface area contributed by atoms with E-state index in [2.05, 4.69) is 9.82 Å². The molecule has 1 aromatic heterocycles. The van der Waals surface area contributed by atoms with Crippen molar-refractivity contribution in [2.24, 2.45) is 7.05 Å². The molecule has 0 saturated heterocycles. The van der Waals surface area contributed by atoms with Crippen LogP contribution >= 0.6 is 0 Å². The summed E-state index contributed by atoms with van der Waals surface area (Å²) in [6, 6.07) is 6.67. The third-order valence-corrected chi connectivity index (χ3v) is 4.03. The highest BCUT2D eigenvalue weighted by atomic mass is 32.2. The largest absolute Gasteiger partial charge is 0.276 e. The van der Waals surface area contributed by atoms with Gasteiger partial charge in [-0.1, -0.05) is 6.07 Å². The van der Waals surface area contributed by atoms with E-state index in [4.69, 9.17) is 5.26 Å². The van der Waals surface area contributed by atoms with Crippen LogP contribution in [-0.2, 0) is 23.6 Å². The predicted molar refractivity (Wildman–Crippen MR) is 68.3 cm³/mol. The summed E-state index contributed by atoms with van der Waals surface area (Å²) in [5, 5.41) is 12.9. The second-order valence-electron chi connectivity index (χ2n) is 4.03. The smallest absolute Gasteiger partial charge is 0.242 e. The lowest BCUT2D eigenvalue weighted by molar-refractivity contribution is 0.574. The van der Waals surface area contributed by atoms with Crippen molar-refractivity contribution in [1.82, 2.24) is 14.5 Å². The van der Waals surface area contributed by atoms with Gasteiger partial charge in [-0.05, 0) is 18.2 Å². The summed E-state index contributed by atoms with van der Waals surface area (Å²) < 4.78 is 41.4. The van der Waals surface area contributed by atoms with E-state index in [1.54, 1.807) is 25.4 Å². The monoisotopic (exact) mass is 294 g/mol. The minimum atomic E-state index is -3.98. The second-order valence-corrected chi connectivity index (χ2v) is 5.77. The first kappa shape index (κ1) is 14.2. The summed E-state index contributed by atoms with van der Waals surface area (Å²) >= 11 is 0. The summed E-state index contributed by atoms with van der Waals surface area (Å²) in [5.41, 5.74) is 0.0204. The van der Waals surface area contributed by atoms with Crippen molar-refractivity contribution in [2.45, 2.75) is 11.4 Å². The highest BCUT2D eigenvalue weighted by Crippen LogP contribution is 2.17. The number of nitriles is 1. The van der Waals surface area contributed by atoms with Gasteiger partial charge in [0.25, 0.3) is 0 Å². The van der Waals surface area contributed by atoms with Gasteiger partial charge in [0.15, 0.2) is 0 Å². The second kappa shape index (κ2) is 5.40. The van der Waals surface area contributed by atoms with Crippen LogP contribution in [0.2, 0.25) is 0 Å². The van der Waals surface area contributed by atoms with E-state index in [9.17, 15) is 12.8 Å². The molecule has 0 fully saturated rings. The van der Waals surface area contributed by atoms with Gasteiger partial charge in [-0.15, -0.1) is 0 Å². The number of halogens is 1. The Morgan fingerprint density at radius 2 is 2.20 bits per heavy atom. The molecule has 0 spiro atoms. The molecule has 0 unspecified atom stereocenters. The molecule has 1 heterocycles. The fraction of sp³-hybridized carbons (Fsp3) is 0.167. The molecule has 6 nitrogen and oxygen atoms in total. The average molecular weight is 294 g/mol. The van der Waals surface area contributed by atoms with Crippen LogP contribution in [0.15, 0.2) is 35.4 Å². The average Bonchev–Trinajstić information content (AvgIpc) is 2.82. The van der Waals surface area contributed by atoms with E-state index in [-0.39, 0.29) is 11.4 Å². The third-order valence-electron chi connectivity index (χ3n) is 2.59. The van der Waals surface area contributed by atoms with E-state index in [0.29, 0.717) is 5.69 Å². The summed E-state index contributed by atoms with van der Waals surface area (Å²) in [5.74, 6) is -0.867. The zero-order valence-corrected chi connectivity index (χ0v) is 11.4. The van der Waals surface area contributed by atoms with Crippen molar-refractivity contribution < 1.29 is 12.8 Å². The third kappa shape index (κ3) is 2.84. The Morgan fingerprint density at radius 3 is 2.80 bits per heavy atom. The SMILES string of the molecule is Cn1ccc(CNS(=O)(=O)c2cccc(F)c2C#N)n1. The highest BCUT2D eigenvalue weighted by Gasteiger charge is 2.21. The van der Waals surface area contributed by atoms with Gasteiger partial charge in [-0.2, -0.15) is 10.4 Å². The lowest BCUT2D eigenvalue weighted by Crippen LogP contribution is -2.24. The van der Waals surface area contributed by atoms with Crippen molar-refractivity contribution in [3.05, 3.63) is 47.5 Å². The molecule has 2 aromatic rings. The maximum atomic E-state index is 13.4. The van der Waals surface area contributed by atoms with Gasteiger partial charge in [0, 0.05) is 13.2 Å². The molecule has 0 bridgehead atoms. The Bertz CT molecular complexity index is 777. The van der Waals surface area contributed by atoms with Crippen LogP contribution in [0.25, 0.3) is 0 Å². The van der Waals surface area contributed by atoms with Crippen LogP contribution < -0.4 is 4.72 Å². The van der Waals surface area contributed by atoms with Crippen molar-refractivity contribution in [1.29, 1.82) is 5.26 Å². The number of aryl methyl sites for hydroxylation is 1. The molecule has 0 radical (unpaired) electrons. The van der Waals surface area contributed by atoms with Crippen LogP contribution in [0.5, 0.6) is 0 Å². The topological polar surface area (TPSA) is 87.8 Å². The van der Waals surface area contributed by atoms with Crippen molar-refractivity contribution >= 4 is 10.0 Å². The number of nitrogens with one attached hydrogen (secondary N) is 1. The standard InChI is InChI=1S/C12H11FN4O2S/c1-17-6-5-9(16-17)8-15-20(18,19)12-4-2-3-11(13)10(12)7-14/h2-6,15H,8H2,1H3. The van der Waals surface area contributed by atoms with E-state index in [1.807, 2.05) is 0 Å². The number of hydrogen-bond donors (Lipinski definition) is 1. The van der Waals surface area contributed by atoms with E-state index < -0.39 is 21.4 Å². The number of rotatable bonds is 4. The molecule has 0 aliphatic carbocycles. The molecule has 1 aromatic carbocycles. The number of benzene rings is 1. The molecule has 0 amide bonds. The number of sulfonamides is 1. The molecule has 1 N–H and O–H groups in total. The minimum Gasteiger partial charge on any atom is -0.276 e.